The summed E-state index contributed by atoms with van der Waals surface area (Å²) in [4.78, 5) is 46.9. The van der Waals surface area contributed by atoms with Crippen molar-refractivity contribution in [1.82, 2.24) is 5.32 Å². The van der Waals surface area contributed by atoms with Crippen LogP contribution in [0.5, 0.6) is 0 Å². The number of nitrogens with one attached hydrogen (secondary N) is 2. The summed E-state index contributed by atoms with van der Waals surface area (Å²) in [5, 5.41) is 6.81. The monoisotopic (exact) mass is 375 g/mol. The van der Waals surface area contributed by atoms with Crippen LogP contribution in [0.2, 0.25) is 0 Å². The molecule has 0 fully saturated rings. The lowest BCUT2D eigenvalue weighted by molar-refractivity contribution is -0.148. The standard InChI is InChI=1S/C17H17N3O5S/c1-10(19-15(23)11-5-3-2-4-6-11)17(24)25-9-13(21)20-16-12(14(18)22)7-8-26-16/h2-8,10H,9H2,1H3,(H2,18,22)(H,19,23)(H,20,21)/t10-/m1/s1. The van der Waals surface area contributed by atoms with Gasteiger partial charge in [0.05, 0.1) is 5.56 Å². The maximum atomic E-state index is 12.0. The quantitative estimate of drug-likeness (QED) is 0.626. The fourth-order valence-corrected chi connectivity index (χ4v) is 2.76. The molecule has 26 heavy (non-hydrogen) atoms. The highest BCUT2D eigenvalue weighted by molar-refractivity contribution is 7.14. The van der Waals surface area contributed by atoms with E-state index in [1.165, 1.54) is 13.0 Å². The Morgan fingerprint density at radius 3 is 2.50 bits per heavy atom. The maximum Gasteiger partial charge on any atom is 0.328 e. The molecule has 0 aliphatic rings. The second-order valence-corrected chi connectivity index (χ2v) is 6.16. The van der Waals surface area contributed by atoms with Crippen molar-refractivity contribution in [2.24, 2.45) is 5.73 Å². The lowest BCUT2D eigenvalue weighted by atomic mass is 10.2. The zero-order valence-electron chi connectivity index (χ0n) is 13.9. The fraction of sp³-hybridized carbons (Fsp3) is 0.176. The van der Waals surface area contributed by atoms with E-state index in [0.717, 1.165) is 11.3 Å². The molecule has 0 aliphatic heterocycles. The van der Waals surface area contributed by atoms with Gasteiger partial charge in [-0.3, -0.25) is 14.4 Å². The minimum atomic E-state index is -0.932. The Bertz CT molecular complexity index is 819. The first kappa shape index (κ1) is 19.1. The fourth-order valence-electron chi connectivity index (χ4n) is 1.95. The number of ether oxygens (including phenoxy) is 1. The summed E-state index contributed by atoms with van der Waals surface area (Å²) in [6, 6.07) is 8.94. The largest absolute Gasteiger partial charge is 0.454 e. The topological polar surface area (TPSA) is 128 Å². The lowest BCUT2D eigenvalue weighted by Crippen LogP contribution is -2.40. The van der Waals surface area contributed by atoms with Crippen molar-refractivity contribution in [3.05, 3.63) is 52.9 Å². The summed E-state index contributed by atoms with van der Waals surface area (Å²) in [6.07, 6.45) is 0. The van der Waals surface area contributed by atoms with Gasteiger partial charge in [0.25, 0.3) is 17.7 Å². The third-order valence-corrected chi connectivity index (χ3v) is 4.10. The highest BCUT2D eigenvalue weighted by Crippen LogP contribution is 2.22. The number of carbonyl (C=O) groups excluding carboxylic acids is 4. The summed E-state index contributed by atoms with van der Waals surface area (Å²) < 4.78 is 4.87. The van der Waals surface area contributed by atoms with E-state index in [4.69, 9.17) is 10.5 Å². The molecule has 0 unspecified atom stereocenters. The Hall–Kier alpha value is -3.20. The summed E-state index contributed by atoms with van der Waals surface area (Å²) >= 11 is 1.12. The molecule has 0 spiro atoms. The first-order valence-electron chi connectivity index (χ1n) is 7.58. The number of hydrogen-bond acceptors (Lipinski definition) is 6. The molecule has 1 heterocycles. The number of primary amides is 1. The molecule has 0 saturated carbocycles. The van der Waals surface area contributed by atoms with Crippen LogP contribution < -0.4 is 16.4 Å². The second-order valence-electron chi connectivity index (χ2n) is 5.24. The summed E-state index contributed by atoms with van der Waals surface area (Å²) in [7, 11) is 0. The van der Waals surface area contributed by atoms with Crippen molar-refractivity contribution >= 4 is 40.0 Å². The molecule has 4 N–H and O–H groups in total. The minimum Gasteiger partial charge on any atom is -0.454 e. The number of amides is 3. The molecule has 1 aromatic carbocycles. The minimum absolute atomic E-state index is 0.179. The molecule has 1 atom stereocenters. The number of hydrogen-bond donors (Lipinski definition) is 3. The molecule has 2 rings (SSSR count). The Balaban J connectivity index is 1.81. The normalized spacial score (nSPS) is 11.3. The Labute approximate surface area is 153 Å². The van der Waals surface area contributed by atoms with Crippen LogP contribution >= 0.6 is 11.3 Å². The van der Waals surface area contributed by atoms with E-state index in [2.05, 4.69) is 10.6 Å². The number of anilines is 1. The van der Waals surface area contributed by atoms with E-state index < -0.39 is 36.3 Å². The van der Waals surface area contributed by atoms with E-state index in [0.29, 0.717) is 5.56 Å². The lowest BCUT2D eigenvalue weighted by Gasteiger charge is -2.13. The van der Waals surface area contributed by atoms with Gasteiger partial charge in [-0.2, -0.15) is 0 Å². The van der Waals surface area contributed by atoms with Gasteiger partial charge in [-0.05, 0) is 30.5 Å². The number of benzene rings is 1. The van der Waals surface area contributed by atoms with Crippen LogP contribution in [0, 0.1) is 0 Å². The van der Waals surface area contributed by atoms with Gasteiger partial charge in [-0.15, -0.1) is 11.3 Å². The number of thiophene rings is 1. The van der Waals surface area contributed by atoms with Gasteiger partial charge < -0.3 is 21.1 Å². The van der Waals surface area contributed by atoms with Crippen molar-refractivity contribution in [3.8, 4) is 0 Å². The smallest absolute Gasteiger partial charge is 0.328 e. The Kier molecular flexibility index (Phi) is 6.45. The zero-order chi connectivity index (χ0) is 19.1. The van der Waals surface area contributed by atoms with E-state index in [9.17, 15) is 19.2 Å². The predicted octanol–water partition coefficient (Wildman–Crippen LogP) is 1.15. The molecule has 2 aromatic rings. The molecule has 136 valence electrons. The van der Waals surface area contributed by atoms with E-state index in [1.807, 2.05) is 0 Å². The molecule has 3 amide bonds. The molecule has 1 aromatic heterocycles. The van der Waals surface area contributed by atoms with Crippen molar-refractivity contribution in [1.29, 1.82) is 0 Å². The van der Waals surface area contributed by atoms with Crippen molar-refractivity contribution in [2.45, 2.75) is 13.0 Å². The van der Waals surface area contributed by atoms with Crippen molar-refractivity contribution in [3.63, 3.8) is 0 Å². The van der Waals surface area contributed by atoms with Crippen LogP contribution in [-0.4, -0.2) is 36.3 Å². The molecule has 0 radical (unpaired) electrons. The number of rotatable bonds is 7. The SMILES string of the molecule is C[C@@H](NC(=O)c1ccccc1)C(=O)OCC(=O)Nc1sccc1C(N)=O. The summed E-state index contributed by atoms with van der Waals surface area (Å²) in [6.45, 7) is 0.895. The first-order chi connectivity index (χ1) is 12.4. The first-order valence-corrected chi connectivity index (χ1v) is 8.46. The Morgan fingerprint density at radius 2 is 1.85 bits per heavy atom. The van der Waals surface area contributed by atoms with E-state index >= 15 is 0 Å². The van der Waals surface area contributed by atoms with Gasteiger partial charge in [0, 0.05) is 5.56 Å². The van der Waals surface area contributed by atoms with Crippen LogP contribution in [0.3, 0.4) is 0 Å². The third-order valence-electron chi connectivity index (χ3n) is 3.27. The van der Waals surface area contributed by atoms with Crippen LogP contribution in [-0.2, 0) is 14.3 Å². The number of nitrogens with two attached hydrogens (primary N) is 1. The highest BCUT2D eigenvalue weighted by atomic mass is 32.1. The molecule has 0 aliphatic carbocycles. The molecule has 0 bridgehead atoms. The molecule has 9 heteroatoms. The van der Waals surface area contributed by atoms with Gasteiger partial charge in [-0.25, -0.2) is 4.79 Å². The maximum absolute atomic E-state index is 12.0. The second kappa shape index (κ2) is 8.77. The van der Waals surface area contributed by atoms with Gasteiger partial charge in [0.15, 0.2) is 6.61 Å². The molecule has 0 saturated heterocycles. The predicted molar refractivity (Wildman–Crippen MR) is 95.8 cm³/mol. The molecular formula is C17H17N3O5S. The summed E-state index contributed by atoms with van der Waals surface area (Å²) in [5.41, 5.74) is 5.76. The van der Waals surface area contributed by atoms with Gasteiger partial charge >= 0.3 is 5.97 Å². The van der Waals surface area contributed by atoms with E-state index in [1.54, 1.807) is 35.7 Å². The van der Waals surface area contributed by atoms with Crippen molar-refractivity contribution < 1.29 is 23.9 Å². The van der Waals surface area contributed by atoms with E-state index in [-0.39, 0.29) is 10.6 Å². The van der Waals surface area contributed by atoms with Gasteiger partial charge in [0.2, 0.25) is 0 Å². The number of esters is 1. The van der Waals surface area contributed by atoms with Crippen LogP contribution in [0.1, 0.15) is 27.6 Å². The van der Waals surface area contributed by atoms with Gasteiger partial charge in [-0.1, -0.05) is 18.2 Å². The van der Waals surface area contributed by atoms with Crippen LogP contribution in [0.4, 0.5) is 5.00 Å². The zero-order valence-corrected chi connectivity index (χ0v) is 14.7. The summed E-state index contributed by atoms with van der Waals surface area (Å²) in [5.74, 6) is -2.48. The average Bonchev–Trinajstić information content (AvgIpc) is 3.08. The number of carbonyl (C=O) groups is 4. The van der Waals surface area contributed by atoms with Crippen LogP contribution in [0.25, 0.3) is 0 Å². The Morgan fingerprint density at radius 1 is 1.15 bits per heavy atom. The van der Waals surface area contributed by atoms with Crippen molar-refractivity contribution in [2.75, 3.05) is 11.9 Å². The molecular weight excluding hydrogens is 358 g/mol. The average molecular weight is 375 g/mol. The highest BCUT2D eigenvalue weighted by Gasteiger charge is 2.19. The molecule has 8 nitrogen and oxygen atoms in total. The van der Waals surface area contributed by atoms with Crippen LogP contribution in [0.15, 0.2) is 41.8 Å². The van der Waals surface area contributed by atoms with Gasteiger partial charge in [0.1, 0.15) is 11.0 Å². The third kappa shape index (κ3) is 5.15.